The first-order valence-electron chi connectivity index (χ1n) is 8.70. The third-order valence-corrected chi connectivity index (χ3v) is 5.04. The lowest BCUT2D eigenvalue weighted by Crippen LogP contribution is -2.41. The molecule has 1 atom stereocenters. The maximum atomic E-state index is 12.6. The van der Waals surface area contributed by atoms with E-state index in [1.54, 1.807) is 25.4 Å². The predicted octanol–water partition coefficient (Wildman–Crippen LogP) is 1.27. The molecular formula is C17H21N5O4S. The summed E-state index contributed by atoms with van der Waals surface area (Å²) in [5.41, 5.74) is 0.0167. The Morgan fingerprint density at radius 2 is 2.22 bits per heavy atom. The second kappa shape index (κ2) is 8.30. The molecule has 0 aliphatic carbocycles. The van der Waals surface area contributed by atoms with Crippen LogP contribution >= 0.6 is 11.3 Å². The molecule has 1 aliphatic heterocycles. The minimum absolute atomic E-state index is 0.144. The Kier molecular flexibility index (Phi) is 5.84. The molecule has 0 spiro atoms. The van der Waals surface area contributed by atoms with Gasteiger partial charge >= 0.3 is 5.97 Å². The number of thiazole rings is 1. The number of carbonyl (C=O) groups excluding carboxylic acids is 2. The molecule has 144 valence electrons. The summed E-state index contributed by atoms with van der Waals surface area (Å²) in [6.45, 7) is 3.28. The molecular weight excluding hydrogens is 370 g/mol. The van der Waals surface area contributed by atoms with E-state index >= 15 is 0 Å². The number of nitrogens with zero attached hydrogens (tertiary/aromatic N) is 4. The van der Waals surface area contributed by atoms with Gasteiger partial charge in [0.2, 0.25) is 5.91 Å². The van der Waals surface area contributed by atoms with Gasteiger partial charge in [0, 0.05) is 31.6 Å². The summed E-state index contributed by atoms with van der Waals surface area (Å²) >= 11 is 1.19. The van der Waals surface area contributed by atoms with E-state index in [0.29, 0.717) is 17.5 Å². The van der Waals surface area contributed by atoms with Crippen LogP contribution in [0.15, 0.2) is 22.3 Å². The van der Waals surface area contributed by atoms with Crippen LogP contribution in [0.3, 0.4) is 0 Å². The van der Waals surface area contributed by atoms with Crippen LogP contribution in [0.2, 0.25) is 0 Å². The van der Waals surface area contributed by atoms with Crippen molar-refractivity contribution in [2.24, 2.45) is 13.0 Å². The van der Waals surface area contributed by atoms with Crippen LogP contribution in [0, 0.1) is 5.92 Å². The second-order valence-corrected chi connectivity index (χ2v) is 7.04. The van der Waals surface area contributed by atoms with Gasteiger partial charge in [-0.05, 0) is 25.8 Å². The van der Waals surface area contributed by atoms with Gasteiger partial charge in [0.15, 0.2) is 10.8 Å². The summed E-state index contributed by atoms with van der Waals surface area (Å²) in [6, 6.07) is 3.15. The molecule has 27 heavy (non-hydrogen) atoms. The molecule has 0 unspecified atom stereocenters. The number of hydrogen-bond donors (Lipinski definition) is 1. The van der Waals surface area contributed by atoms with Crippen molar-refractivity contribution in [1.29, 1.82) is 0 Å². The largest absolute Gasteiger partial charge is 0.461 e. The SMILES string of the molecule is CCOC(=O)c1csc(NC(=O)[C@H]2CCCN(c3ccc(=O)n(C)n3)C2)n1. The molecule has 0 bridgehead atoms. The highest BCUT2D eigenvalue weighted by Gasteiger charge is 2.27. The lowest BCUT2D eigenvalue weighted by atomic mass is 9.97. The fourth-order valence-electron chi connectivity index (χ4n) is 2.90. The van der Waals surface area contributed by atoms with Gasteiger partial charge in [-0.3, -0.25) is 9.59 Å². The fraction of sp³-hybridized carbons (Fsp3) is 0.471. The molecule has 1 saturated heterocycles. The maximum absolute atomic E-state index is 12.6. The summed E-state index contributed by atoms with van der Waals surface area (Å²) in [5, 5.41) is 8.97. The summed E-state index contributed by atoms with van der Waals surface area (Å²) in [7, 11) is 1.60. The van der Waals surface area contributed by atoms with E-state index in [0.717, 1.165) is 19.4 Å². The molecule has 3 rings (SSSR count). The van der Waals surface area contributed by atoms with Crippen molar-refractivity contribution in [2.45, 2.75) is 19.8 Å². The zero-order chi connectivity index (χ0) is 19.4. The van der Waals surface area contributed by atoms with E-state index in [4.69, 9.17) is 4.74 Å². The molecule has 10 heteroatoms. The standard InChI is InChI=1S/C17H21N5O4S/c1-3-26-16(25)12-10-27-17(18-12)19-15(24)11-5-4-8-22(9-11)13-6-7-14(23)21(2)20-13/h6-7,10-11H,3-5,8-9H2,1-2H3,(H,18,19,24)/t11-/m0/s1. The Morgan fingerprint density at radius 1 is 1.41 bits per heavy atom. The van der Waals surface area contributed by atoms with Crippen molar-refractivity contribution in [2.75, 3.05) is 29.9 Å². The normalized spacial score (nSPS) is 16.8. The first kappa shape index (κ1) is 19.0. The van der Waals surface area contributed by atoms with Crippen LogP contribution in [0.4, 0.5) is 10.9 Å². The average molecular weight is 391 g/mol. The van der Waals surface area contributed by atoms with E-state index in [1.807, 2.05) is 4.90 Å². The molecule has 0 aromatic carbocycles. The maximum Gasteiger partial charge on any atom is 0.357 e. The van der Waals surface area contributed by atoms with Crippen molar-refractivity contribution in [1.82, 2.24) is 14.8 Å². The van der Waals surface area contributed by atoms with Gasteiger partial charge in [-0.1, -0.05) is 0 Å². The molecule has 1 fully saturated rings. The quantitative estimate of drug-likeness (QED) is 0.765. The van der Waals surface area contributed by atoms with E-state index in [9.17, 15) is 14.4 Å². The number of amides is 1. The number of ether oxygens (including phenoxy) is 1. The summed E-state index contributed by atoms with van der Waals surface area (Å²) in [5.74, 6) is -0.200. The molecule has 2 aromatic heterocycles. The first-order valence-corrected chi connectivity index (χ1v) is 9.58. The molecule has 0 saturated carbocycles. The highest BCUT2D eigenvalue weighted by Crippen LogP contribution is 2.23. The van der Waals surface area contributed by atoms with Crippen LogP contribution in [0.5, 0.6) is 0 Å². The average Bonchev–Trinajstić information content (AvgIpc) is 3.13. The van der Waals surface area contributed by atoms with Crippen LogP contribution in [0.1, 0.15) is 30.3 Å². The number of carbonyl (C=O) groups is 2. The Bertz CT molecular complexity index is 893. The Labute approximate surface area is 160 Å². The lowest BCUT2D eigenvalue weighted by Gasteiger charge is -2.32. The number of esters is 1. The number of aryl methyl sites for hydroxylation is 1. The third-order valence-electron chi connectivity index (χ3n) is 4.28. The Morgan fingerprint density at radius 3 is 2.96 bits per heavy atom. The lowest BCUT2D eigenvalue weighted by molar-refractivity contribution is -0.120. The Balaban J connectivity index is 1.64. The molecule has 9 nitrogen and oxygen atoms in total. The Hall–Kier alpha value is -2.75. The number of rotatable bonds is 5. The van der Waals surface area contributed by atoms with Gasteiger partial charge in [-0.2, -0.15) is 5.10 Å². The van der Waals surface area contributed by atoms with Gasteiger partial charge in [-0.15, -0.1) is 11.3 Å². The van der Waals surface area contributed by atoms with Gasteiger partial charge in [-0.25, -0.2) is 14.5 Å². The summed E-state index contributed by atoms with van der Waals surface area (Å²) in [4.78, 5) is 41.9. The number of aromatic nitrogens is 3. The molecule has 1 aliphatic rings. The van der Waals surface area contributed by atoms with E-state index in [1.165, 1.54) is 22.1 Å². The minimum atomic E-state index is -0.501. The van der Waals surface area contributed by atoms with Crippen LogP contribution in [-0.4, -0.2) is 46.3 Å². The highest BCUT2D eigenvalue weighted by molar-refractivity contribution is 7.14. The van der Waals surface area contributed by atoms with Crippen molar-refractivity contribution >= 4 is 34.2 Å². The number of nitrogens with one attached hydrogen (secondary N) is 1. The zero-order valence-corrected chi connectivity index (χ0v) is 16.0. The van der Waals surface area contributed by atoms with Crippen LogP contribution in [-0.2, 0) is 16.6 Å². The highest BCUT2D eigenvalue weighted by atomic mass is 32.1. The van der Waals surface area contributed by atoms with Gasteiger partial charge < -0.3 is 15.0 Å². The fourth-order valence-corrected chi connectivity index (χ4v) is 3.58. The van der Waals surface area contributed by atoms with E-state index < -0.39 is 5.97 Å². The van der Waals surface area contributed by atoms with Crippen molar-refractivity contribution in [3.8, 4) is 0 Å². The smallest absolute Gasteiger partial charge is 0.357 e. The third kappa shape index (κ3) is 4.51. The van der Waals surface area contributed by atoms with Gasteiger partial charge in [0.25, 0.3) is 5.56 Å². The van der Waals surface area contributed by atoms with E-state index in [-0.39, 0.29) is 29.7 Å². The van der Waals surface area contributed by atoms with Gasteiger partial charge in [0.1, 0.15) is 5.82 Å². The van der Waals surface area contributed by atoms with Crippen molar-refractivity contribution < 1.29 is 14.3 Å². The molecule has 0 radical (unpaired) electrons. The topological polar surface area (TPSA) is 106 Å². The monoisotopic (exact) mass is 391 g/mol. The van der Waals surface area contributed by atoms with Crippen molar-refractivity contribution in [3.05, 3.63) is 33.6 Å². The van der Waals surface area contributed by atoms with Crippen molar-refractivity contribution in [3.63, 3.8) is 0 Å². The summed E-state index contributed by atoms with van der Waals surface area (Å²) in [6.07, 6.45) is 1.60. The van der Waals surface area contributed by atoms with E-state index in [2.05, 4.69) is 15.4 Å². The second-order valence-electron chi connectivity index (χ2n) is 6.19. The molecule has 1 amide bonds. The molecule has 1 N–H and O–H groups in total. The van der Waals surface area contributed by atoms with Crippen LogP contribution < -0.4 is 15.8 Å². The first-order chi connectivity index (χ1) is 13.0. The number of anilines is 2. The zero-order valence-electron chi connectivity index (χ0n) is 15.2. The van der Waals surface area contributed by atoms with Crippen LogP contribution in [0.25, 0.3) is 0 Å². The minimum Gasteiger partial charge on any atom is -0.461 e. The predicted molar refractivity (Wildman–Crippen MR) is 101 cm³/mol. The number of hydrogen-bond acceptors (Lipinski definition) is 8. The molecule has 3 heterocycles. The molecule has 2 aromatic rings. The summed E-state index contributed by atoms with van der Waals surface area (Å²) < 4.78 is 6.18. The van der Waals surface area contributed by atoms with Gasteiger partial charge in [0.05, 0.1) is 12.5 Å². The number of piperidine rings is 1.